The van der Waals surface area contributed by atoms with Gasteiger partial charge in [-0.25, -0.2) is 9.18 Å². The van der Waals surface area contributed by atoms with E-state index in [-0.39, 0.29) is 19.1 Å². The van der Waals surface area contributed by atoms with Gasteiger partial charge in [0.1, 0.15) is 12.3 Å². The first-order valence-corrected chi connectivity index (χ1v) is 6.05. The lowest BCUT2D eigenvalue weighted by Crippen LogP contribution is -2.26. The zero-order valence-corrected chi connectivity index (χ0v) is 10.6. The Balaban J connectivity index is 1.85. The Morgan fingerprint density at radius 1 is 1.50 bits per heavy atom. The predicted octanol–water partition coefficient (Wildman–Crippen LogP) is 2.75. The molecular weight excluding hydrogens is 235 g/mol. The summed E-state index contributed by atoms with van der Waals surface area (Å²) >= 11 is 0. The van der Waals surface area contributed by atoms with E-state index in [1.54, 1.807) is 31.2 Å². The molecule has 0 bridgehead atoms. The van der Waals surface area contributed by atoms with Crippen molar-refractivity contribution in [1.29, 1.82) is 0 Å². The molecule has 2 rings (SSSR count). The van der Waals surface area contributed by atoms with Gasteiger partial charge in [-0.1, -0.05) is 18.2 Å². The molecule has 1 aliphatic rings. The first-order chi connectivity index (χ1) is 8.49. The van der Waals surface area contributed by atoms with Gasteiger partial charge >= 0.3 is 5.97 Å². The summed E-state index contributed by atoms with van der Waals surface area (Å²) in [5.74, 6) is -0.403. The lowest BCUT2D eigenvalue weighted by atomic mass is 9.99. The lowest BCUT2D eigenvalue weighted by Gasteiger charge is -2.15. The average molecular weight is 252 g/mol. The monoisotopic (exact) mass is 252 g/mol. The van der Waals surface area contributed by atoms with Gasteiger partial charge in [0.25, 0.3) is 0 Å². The Morgan fingerprint density at radius 2 is 2.17 bits per heavy atom. The summed E-state index contributed by atoms with van der Waals surface area (Å²) in [5.41, 5.74) is -0.851. The van der Waals surface area contributed by atoms with Crippen LogP contribution in [0.25, 0.3) is 0 Å². The molecule has 0 aliphatic carbocycles. The highest BCUT2D eigenvalue weighted by Crippen LogP contribution is 2.33. The van der Waals surface area contributed by atoms with Crippen LogP contribution >= 0.6 is 0 Å². The Labute approximate surface area is 106 Å². The maximum atomic E-state index is 13.8. The van der Waals surface area contributed by atoms with Gasteiger partial charge in [-0.15, -0.1) is 0 Å². The predicted molar refractivity (Wildman–Crippen MR) is 65.2 cm³/mol. The van der Waals surface area contributed by atoms with E-state index in [2.05, 4.69) is 0 Å². The molecule has 98 valence electrons. The maximum Gasteiger partial charge on any atom is 0.338 e. The van der Waals surface area contributed by atoms with Crippen LogP contribution in [0.1, 0.15) is 30.6 Å². The number of hydrogen-bond acceptors (Lipinski definition) is 3. The highest BCUT2D eigenvalue weighted by molar-refractivity contribution is 5.89. The van der Waals surface area contributed by atoms with Gasteiger partial charge in [-0.05, 0) is 26.0 Å². The van der Waals surface area contributed by atoms with Crippen molar-refractivity contribution in [2.75, 3.05) is 6.61 Å². The molecule has 1 saturated heterocycles. The third-order valence-corrected chi connectivity index (χ3v) is 3.28. The minimum Gasteiger partial charge on any atom is -0.459 e. The van der Waals surface area contributed by atoms with Crippen LogP contribution in [0.5, 0.6) is 0 Å². The van der Waals surface area contributed by atoms with Crippen LogP contribution in [0.3, 0.4) is 0 Å². The van der Waals surface area contributed by atoms with Crippen LogP contribution in [0, 0.1) is 0 Å². The maximum absolute atomic E-state index is 13.8. The van der Waals surface area contributed by atoms with Crippen molar-refractivity contribution < 1.29 is 18.7 Å². The number of ether oxygens (including phenoxy) is 2. The molecule has 18 heavy (non-hydrogen) atoms. The lowest BCUT2D eigenvalue weighted by molar-refractivity contribution is -0.0159. The van der Waals surface area contributed by atoms with Crippen LogP contribution in [-0.4, -0.2) is 30.5 Å². The molecule has 3 nitrogen and oxygen atoms in total. The van der Waals surface area contributed by atoms with Gasteiger partial charge in [-0.2, -0.15) is 0 Å². The molecule has 0 saturated carbocycles. The van der Waals surface area contributed by atoms with Gasteiger partial charge in [-0.3, -0.25) is 0 Å². The quantitative estimate of drug-likeness (QED) is 0.776. The number of halogens is 1. The molecule has 3 unspecified atom stereocenters. The Bertz CT molecular complexity index is 416. The van der Waals surface area contributed by atoms with E-state index in [4.69, 9.17) is 9.47 Å². The molecule has 1 aliphatic heterocycles. The minimum absolute atomic E-state index is 0.0948. The highest BCUT2D eigenvalue weighted by Gasteiger charge is 2.43. The zero-order valence-electron chi connectivity index (χ0n) is 10.6. The smallest absolute Gasteiger partial charge is 0.338 e. The second-order valence-corrected chi connectivity index (χ2v) is 4.85. The molecule has 4 heteroatoms. The number of rotatable bonds is 3. The van der Waals surface area contributed by atoms with Gasteiger partial charge in [0, 0.05) is 6.42 Å². The number of carbonyl (C=O) groups is 1. The van der Waals surface area contributed by atoms with Crippen molar-refractivity contribution in [2.45, 2.75) is 38.1 Å². The van der Waals surface area contributed by atoms with Gasteiger partial charge in [0.05, 0.1) is 17.8 Å². The first kappa shape index (κ1) is 13.0. The van der Waals surface area contributed by atoms with E-state index < -0.39 is 17.7 Å². The van der Waals surface area contributed by atoms with Gasteiger partial charge < -0.3 is 9.47 Å². The first-order valence-electron chi connectivity index (χ1n) is 6.05. The Morgan fingerprint density at radius 3 is 2.72 bits per heavy atom. The van der Waals surface area contributed by atoms with E-state index in [1.165, 1.54) is 6.92 Å². The second-order valence-electron chi connectivity index (χ2n) is 4.85. The zero-order chi connectivity index (χ0) is 13.2. The third kappa shape index (κ3) is 2.88. The fourth-order valence-corrected chi connectivity index (χ4v) is 2.01. The molecule has 0 radical (unpaired) electrons. The van der Waals surface area contributed by atoms with Crippen molar-refractivity contribution in [3.8, 4) is 0 Å². The van der Waals surface area contributed by atoms with Crippen LogP contribution < -0.4 is 0 Å². The van der Waals surface area contributed by atoms with E-state index in [0.717, 1.165) is 0 Å². The van der Waals surface area contributed by atoms with E-state index in [1.807, 2.05) is 6.07 Å². The third-order valence-electron chi connectivity index (χ3n) is 3.28. The number of alkyl halides is 1. The molecule has 3 atom stereocenters. The summed E-state index contributed by atoms with van der Waals surface area (Å²) in [6, 6.07) is 8.72. The average Bonchev–Trinajstić information content (AvgIpc) is 2.61. The molecule has 1 heterocycles. The fraction of sp³-hybridized carbons (Fsp3) is 0.500. The molecule has 0 aromatic heterocycles. The number of hydrogen-bond donors (Lipinski definition) is 0. The largest absolute Gasteiger partial charge is 0.459 e. The molecule has 0 amide bonds. The second kappa shape index (κ2) is 5.06. The summed E-state index contributed by atoms with van der Waals surface area (Å²) in [6.07, 6.45) is -0.559. The standard InChI is InChI=1S/C14H17FO3/c1-10-14(2,15)8-12(18-10)9-17-13(16)11-6-4-3-5-7-11/h3-7,10,12H,8-9H2,1-2H3. The molecule has 0 spiro atoms. The SMILES string of the molecule is CC1OC(COC(=O)c2ccccc2)CC1(C)F. The number of benzene rings is 1. The van der Waals surface area contributed by atoms with Crippen molar-refractivity contribution in [3.05, 3.63) is 35.9 Å². The van der Waals surface area contributed by atoms with Crippen molar-refractivity contribution >= 4 is 5.97 Å². The summed E-state index contributed by atoms with van der Waals surface area (Å²) in [7, 11) is 0. The minimum atomic E-state index is -1.34. The summed E-state index contributed by atoms with van der Waals surface area (Å²) in [5, 5.41) is 0. The summed E-state index contributed by atoms with van der Waals surface area (Å²) in [6.45, 7) is 3.30. The molecule has 1 aromatic carbocycles. The van der Waals surface area contributed by atoms with Crippen LogP contribution in [0.15, 0.2) is 30.3 Å². The van der Waals surface area contributed by atoms with Crippen LogP contribution in [0.4, 0.5) is 4.39 Å². The summed E-state index contributed by atoms with van der Waals surface area (Å²) in [4.78, 5) is 11.7. The van der Waals surface area contributed by atoms with Crippen molar-refractivity contribution in [2.24, 2.45) is 0 Å². The van der Waals surface area contributed by atoms with Crippen LogP contribution in [0.2, 0.25) is 0 Å². The molecule has 1 aromatic rings. The van der Waals surface area contributed by atoms with Crippen molar-refractivity contribution in [1.82, 2.24) is 0 Å². The molecule has 0 N–H and O–H groups in total. The van der Waals surface area contributed by atoms with E-state index in [9.17, 15) is 9.18 Å². The van der Waals surface area contributed by atoms with Crippen LogP contribution in [-0.2, 0) is 9.47 Å². The number of carbonyl (C=O) groups excluding carboxylic acids is 1. The summed E-state index contributed by atoms with van der Waals surface area (Å²) < 4.78 is 24.4. The topological polar surface area (TPSA) is 35.5 Å². The molecular formula is C14H17FO3. The van der Waals surface area contributed by atoms with E-state index >= 15 is 0 Å². The Kier molecular flexibility index (Phi) is 3.66. The van der Waals surface area contributed by atoms with Crippen molar-refractivity contribution in [3.63, 3.8) is 0 Å². The number of esters is 1. The molecule has 1 fully saturated rings. The fourth-order valence-electron chi connectivity index (χ4n) is 2.01. The van der Waals surface area contributed by atoms with Gasteiger partial charge in [0.15, 0.2) is 0 Å². The normalized spacial score (nSPS) is 31.3. The van der Waals surface area contributed by atoms with E-state index in [0.29, 0.717) is 5.56 Å². The van der Waals surface area contributed by atoms with Gasteiger partial charge in [0.2, 0.25) is 0 Å². The highest BCUT2D eigenvalue weighted by atomic mass is 19.1. The Hall–Kier alpha value is -1.42.